The van der Waals surface area contributed by atoms with Crippen LogP contribution in [0, 0.1) is 0 Å². The van der Waals surface area contributed by atoms with Gasteiger partial charge in [-0.25, -0.2) is 9.97 Å². The van der Waals surface area contributed by atoms with Gasteiger partial charge in [0.05, 0.1) is 5.69 Å². The van der Waals surface area contributed by atoms with Gasteiger partial charge >= 0.3 is 0 Å². The molecular formula is C13H19ClN2. The van der Waals surface area contributed by atoms with E-state index < -0.39 is 0 Å². The number of halogens is 1. The predicted octanol–water partition coefficient (Wildman–Crippen LogP) is 3.48. The molecule has 0 aromatic carbocycles. The van der Waals surface area contributed by atoms with Crippen LogP contribution in [0.3, 0.4) is 0 Å². The van der Waals surface area contributed by atoms with Crippen molar-refractivity contribution in [2.75, 3.05) is 0 Å². The SMILES string of the molecule is CC(Cl)C(C)c1ncnc2c1CCCCC2. The number of aromatic nitrogens is 2. The molecule has 0 fully saturated rings. The van der Waals surface area contributed by atoms with E-state index in [-0.39, 0.29) is 5.38 Å². The number of aryl methyl sites for hydroxylation is 1. The van der Waals surface area contributed by atoms with E-state index in [0.717, 1.165) is 12.8 Å². The van der Waals surface area contributed by atoms with E-state index in [4.69, 9.17) is 11.6 Å². The Morgan fingerprint density at radius 3 is 2.62 bits per heavy atom. The Bertz CT molecular complexity index is 363. The average molecular weight is 239 g/mol. The smallest absolute Gasteiger partial charge is 0.115 e. The van der Waals surface area contributed by atoms with Gasteiger partial charge < -0.3 is 0 Å². The number of rotatable bonds is 2. The maximum absolute atomic E-state index is 6.19. The second-order valence-corrected chi connectivity index (χ2v) is 5.40. The third kappa shape index (κ3) is 2.37. The van der Waals surface area contributed by atoms with Crippen LogP contribution in [-0.4, -0.2) is 15.3 Å². The Hall–Kier alpha value is -0.630. The van der Waals surface area contributed by atoms with Crippen molar-refractivity contribution in [3.05, 3.63) is 23.3 Å². The van der Waals surface area contributed by atoms with Gasteiger partial charge in [-0.1, -0.05) is 13.3 Å². The Morgan fingerprint density at radius 2 is 1.88 bits per heavy atom. The molecule has 2 nitrogen and oxygen atoms in total. The molecule has 2 unspecified atom stereocenters. The average Bonchev–Trinajstić information content (AvgIpc) is 2.52. The third-order valence-electron chi connectivity index (χ3n) is 3.53. The van der Waals surface area contributed by atoms with Crippen molar-refractivity contribution in [2.24, 2.45) is 0 Å². The molecule has 1 aliphatic rings. The second kappa shape index (κ2) is 5.13. The lowest BCUT2D eigenvalue weighted by Gasteiger charge is -2.18. The molecule has 1 heterocycles. The molecule has 16 heavy (non-hydrogen) atoms. The molecule has 0 saturated carbocycles. The summed E-state index contributed by atoms with van der Waals surface area (Å²) in [7, 11) is 0. The molecule has 0 bridgehead atoms. The van der Waals surface area contributed by atoms with Crippen LogP contribution in [0.1, 0.15) is 56.0 Å². The molecule has 88 valence electrons. The number of hydrogen-bond donors (Lipinski definition) is 0. The summed E-state index contributed by atoms with van der Waals surface area (Å²) >= 11 is 6.19. The van der Waals surface area contributed by atoms with Gasteiger partial charge in [0.15, 0.2) is 0 Å². The fourth-order valence-corrected chi connectivity index (χ4v) is 2.45. The molecule has 1 aliphatic carbocycles. The molecule has 1 aromatic rings. The van der Waals surface area contributed by atoms with Gasteiger partial charge in [0.25, 0.3) is 0 Å². The van der Waals surface area contributed by atoms with Gasteiger partial charge in [-0.15, -0.1) is 11.6 Å². The first-order chi connectivity index (χ1) is 7.70. The van der Waals surface area contributed by atoms with Crippen molar-refractivity contribution >= 4 is 11.6 Å². The first-order valence-electron chi connectivity index (χ1n) is 6.17. The highest BCUT2D eigenvalue weighted by Gasteiger charge is 2.20. The van der Waals surface area contributed by atoms with Crippen molar-refractivity contribution < 1.29 is 0 Å². The quantitative estimate of drug-likeness (QED) is 0.582. The lowest BCUT2D eigenvalue weighted by atomic mass is 9.96. The zero-order valence-corrected chi connectivity index (χ0v) is 10.8. The summed E-state index contributed by atoms with van der Waals surface area (Å²) in [4.78, 5) is 8.89. The van der Waals surface area contributed by atoms with Gasteiger partial charge in [0, 0.05) is 17.0 Å². The van der Waals surface area contributed by atoms with Crippen molar-refractivity contribution in [3.63, 3.8) is 0 Å². The lowest BCUT2D eigenvalue weighted by Crippen LogP contribution is -2.13. The first kappa shape index (κ1) is 11.8. The van der Waals surface area contributed by atoms with E-state index in [1.54, 1.807) is 6.33 Å². The zero-order valence-electron chi connectivity index (χ0n) is 10.0. The minimum Gasteiger partial charge on any atom is -0.241 e. The van der Waals surface area contributed by atoms with Crippen LogP contribution in [0.4, 0.5) is 0 Å². The molecule has 0 saturated heterocycles. The van der Waals surface area contributed by atoms with Crippen LogP contribution in [0.15, 0.2) is 6.33 Å². The summed E-state index contributed by atoms with van der Waals surface area (Å²) in [6.07, 6.45) is 7.76. The van der Waals surface area contributed by atoms with Crippen LogP contribution < -0.4 is 0 Å². The summed E-state index contributed by atoms with van der Waals surface area (Å²) in [5, 5.41) is 0.127. The highest BCUT2D eigenvalue weighted by Crippen LogP contribution is 2.28. The molecule has 0 spiro atoms. The van der Waals surface area contributed by atoms with Crippen molar-refractivity contribution in [3.8, 4) is 0 Å². The molecule has 2 rings (SSSR count). The Kier molecular flexibility index (Phi) is 3.80. The molecule has 0 aliphatic heterocycles. The Morgan fingerprint density at radius 1 is 1.12 bits per heavy atom. The third-order valence-corrected chi connectivity index (χ3v) is 3.91. The maximum Gasteiger partial charge on any atom is 0.115 e. The van der Waals surface area contributed by atoms with Crippen molar-refractivity contribution in [2.45, 2.75) is 57.2 Å². The van der Waals surface area contributed by atoms with Crippen LogP contribution in [0.2, 0.25) is 0 Å². The van der Waals surface area contributed by atoms with E-state index in [2.05, 4.69) is 16.9 Å². The topological polar surface area (TPSA) is 25.8 Å². The summed E-state index contributed by atoms with van der Waals surface area (Å²) in [5.41, 5.74) is 3.81. The summed E-state index contributed by atoms with van der Waals surface area (Å²) in [6.45, 7) is 4.20. The minimum atomic E-state index is 0.127. The molecule has 0 radical (unpaired) electrons. The van der Waals surface area contributed by atoms with E-state index in [1.165, 1.54) is 36.2 Å². The minimum absolute atomic E-state index is 0.127. The van der Waals surface area contributed by atoms with Gasteiger partial charge in [-0.05, 0) is 38.2 Å². The fraction of sp³-hybridized carbons (Fsp3) is 0.692. The van der Waals surface area contributed by atoms with Crippen LogP contribution in [-0.2, 0) is 12.8 Å². The van der Waals surface area contributed by atoms with Crippen LogP contribution >= 0.6 is 11.6 Å². The van der Waals surface area contributed by atoms with E-state index >= 15 is 0 Å². The monoisotopic (exact) mass is 238 g/mol. The largest absolute Gasteiger partial charge is 0.241 e. The van der Waals surface area contributed by atoms with Gasteiger partial charge in [-0.3, -0.25) is 0 Å². The number of nitrogens with zero attached hydrogens (tertiary/aromatic N) is 2. The van der Waals surface area contributed by atoms with Crippen molar-refractivity contribution in [1.29, 1.82) is 0 Å². The van der Waals surface area contributed by atoms with Gasteiger partial charge in [-0.2, -0.15) is 0 Å². The second-order valence-electron chi connectivity index (χ2n) is 4.71. The van der Waals surface area contributed by atoms with E-state index in [0.29, 0.717) is 5.92 Å². The van der Waals surface area contributed by atoms with Gasteiger partial charge in [0.2, 0.25) is 0 Å². The van der Waals surface area contributed by atoms with E-state index in [1.807, 2.05) is 6.92 Å². The highest BCUT2D eigenvalue weighted by molar-refractivity contribution is 6.20. The Balaban J connectivity index is 2.38. The molecule has 0 N–H and O–H groups in total. The predicted molar refractivity (Wildman–Crippen MR) is 67.0 cm³/mol. The molecule has 2 atom stereocenters. The van der Waals surface area contributed by atoms with E-state index in [9.17, 15) is 0 Å². The normalized spacial score (nSPS) is 19.7. The van der Waals surface area contributed by atoms with Crippen LogP contribution in [0.5, 0.6) is 0 Å². The summed E-state index contributed by atoms with van der Waals surface area (Å²) in [5.74, 6) is 0.316. The molecular weight excluding hydrogens is 220 g/mol. The maximum atomic E-state index is 6.19. The molecule has 0 amide bonds. The number of alkyl halides is 1. The molecule has 3 heteroatoms. The molecule has 1 aromatic heterocycles. The first-order valence-corrected chi connectivity index (χ1v) is 6.60. The summed E-state index contributed by atoms with van der Waals surface area (Å²) < 4.78 is 0. The standard InChI is InChI=1S/C13H19ClN2/c1-9(10(2)14)13-11-6-4-3-5-7-12(11)15-8-16-13/h8-10H,3-7H2,1-2H3. The fourth-order valence-electron chi connectivity index (χ4n) is 2.33. The number of fused-ring (bicyclic) bond motifs is 1. The zero-order chi connectivity index (χ0) is 11.5. The Labute approximate surface area is 102 Å². The van der Waals surface area contributed by atoms with Crippen LogP contribution in [0.25, 0.3) is 0 Å². The lowest BCUT2D eigenvalue weighted by molar-refractivity contribution is 0.684. The highest BCUT2D eigenvalue weighted by atomic mass is 35.5. The summed E-state index contributed by atoms with van der Waals surface area (Å²) in [6, 6.07) is 0. The van der Waals surface area contributed by atoms with Gasteiger partial charge in [0.1, 0.15) is 6.33 Å². The number of hydrogen-bond acceptors (Lipinski definition) is 2. The van der Waals surface area contributed by atoms with Crippen molar-refractivity contribution in [1.82, 2.24) is 9.97 Å².